The van der Waals surface area contributed by atoms with E-state index in [0.29, 0.717) is 0 Å². The van der Waals surface area contributed by atoms with Crippen molar-refractivity contribution in [3.63, 3.8) is 0 Å². The van der Waals surface area contributed by atoms with Gasteiger partial charge in [-0.2, -0.15) is 0 Å². The molecule has 0 saturated heterocycles. The van der Waals surface area contributed by atoms with Gasteiger partial charge in [-0.25, -0.2) is 0 Å². The van der Waals surface area contributed by atoms with E-state index in [2.05, 4.69) is 55.5 Å². The van der Waals surface area contributed by atoms with E-state index in [4.69, 9.17) is 4.74 Å². The molecule has 1 unspecified atom stereocenters. The lowest BCUT2D eigenvalue weighted by molar-refractivity contribution is 0.275. The average molecular weight is 360 g/mol. The van der Waals surface area contributed by atoms with Crippen molar-refractivity contribution in [1.29, 1.82) is 0 Å². The van der Waals surface area contributed by atoms with Crippen LogP contribution in [0.15, 0.2) is 24.3 Å². The lowest BCUT2D eigenvalue weighted by Crippen LogP contribution is -2.04. The molecule has 0 N–H and O–H groups in total. The Hall–Kier alpha value is -0.250. The van der Waals surface area contributed by atoms with Crippen LogP contribution < -0.4 is 4.74 Å². The molecule has 1 aromatic carbocycles. The van der Waals surface area contributed by atoms with Gasteiger partial charge in [0.1, 0.15) is 5.75 Å². The third-order valence-corrected chi connectivity index (χ3v) is 3.89. The molecule has 0 aliphatic carbocycles. The Labute approximate surface area is 125 Å². The minimum absolute atomic E-state index is 0.771. The van der Waals surface area contributed by atoms with Crippen molar-refractivity contribution in [2.45, 2.75) is 46.5 Å². The van der Waals surface area contributed by atoms with Gasteiger partial charge >= 0.3 is 0 Å². The van der Waals surface area contributed by atoms with Gasteiger partial charge in [0.05, 0.1) is 6.61 Å². The summed E-state index contributed by atoms with van der Waals surface area (Å²) in [6.45, 7) is 7.76. The van der Waals surface area contributed by atoms with E-state index in [0.717, 1.165) is 30.6 Å². The normalized spacial score (nSPS) is 12.7. The van der Waals surface area contributed by atoms with E-state index in [-0.39, 0.29) is 0 Å². The zero-order chi connectivity index (χ0) is 13.4. The Kier molecular flexibility index (Phi) is 7.71. The number of halogens is 1. The molecule has 0 spiro atoms. The maximum absolute atomic E-state index is 5.76. The molecule has 0 saturated carbocycles. The van der Waals surface area contributed by atoms with E-state index in [1.165, 1.54) is 22.8 Å². The number of hydrogen-bond acceptors (Lipinski definition) is 1. The summed E-state index contributed by atoms with van der Waals surface area (Å²) < 4.78 is 7.01. The van der Waals surface area contributed by atoms with E-state index in [1.54, 1.807) is 0 Å². The van der Waals surface area contributed by atoms with Gasteiger partial charge in [-0.05, 0) is 65.1 Å². The van der Waals surface area contributed by atoms with Gasteiger partial charge < -0.3 is 4.74 Å². The molecule has 0 radical (unpaired) electrons. The summed E-state index contributed by atoms with van der Waals surface area (Å²) in [6, 6.07) is 8.26. The number of benzene rings is 1. The largest absolute Gasteiger partial charge is 0.494 e. The minimum atomic E-state index is 0.771. The van der Waals surface area contributed by atoms with Crippen molar-refractivity contribution in [3.05, 3.63) is 27.8 Å². The molecule has 0 bridgehead atoms. The van der Waals surface area contributed by atoms with Gasteiger partial charge in [-0.15, -0.1) is 0 Å². The smallest absolute Gasteiger partial charge is 0.119 e. The predicted molar refractivity (Wildman–Crippen MR) is 87.1 cm³/mol. The van der Waals surface area contributed by atoms with Crippen molar-refractivity contribution in [1.82, 2.24) is 0 Å². The first-order valence-electron chi connectivity index (χ1n) is 6.96. The number of rotatable bonds is 8. The van der Waals surface area contributed by atoms with Crippen molar-refractivity contribution in [2.75, 3.05) is 6.61 Å². The van der Waals surface area contributed by atoms with Crippen LogP contribution in [-0.2, 0) is 0 Å². The Morgan fingerprint density at radius 3 is 2.28 bits per heavy atom. The molecule has 0 aliphatic rings. The van der Waals surface area contributed by atoms with Crippen molar-refractivity contribution in [2.24, 2.45) is 11.8 Å². The molecular weight excluding hydrogens is 335 g/mol. The zero-order valence-electron chi connectivity index (χ0n) is 11.8. The first-order valence-corrected chi connectivity index (χ1v) is 8.04. The molecule has 1 nitrogen and oxygen atoms in total. The molecule has 0 aliphatic heterocycles. The molecule has 1 aromatic rings. The highest BCUT2D eigenvalue weighted by atomic mass is 127. The summed E-state index contributed by atoms with van der Waals surface area (Å²) in [4.78, 5) is 0. The fourth-order valence-electron chi connectivity index (χ4n) is 1.93. The van der Waals surface area contributed by atoms with Crippen LogP contribution in [0.5, 0.6) is 5.75 Å². The first kappa shape index (κ1) is 15.8. The van der Waals surface area contributed by atoms with Gasteiger partial charge in [-0.1, -0.05) is 40.0 Å². The molecule has 1 rings (SSSR count). The average Bonchev–Trinajstić information content (AvgIpc) is 2.31. The third kappa shape index (κ3) is 7.24. The third-order valence-electron chi connectivity index (χ3n) is 3.17. The SMILES string of the molecule is CC(C)CCCC(C)CCOc1ccc(I)cc1. The quantitative estimate of drug-likeness (QED) is 0.555. The molecule has 0 amide bonds. The Morgan fingerprint density at radius 1 is 1.00 bits per heavy atom. The van der Waals surface area contributed by atoms with E-state index >= 15 is 0 Å². The van der Waals surface area contributed by atoms with Gasteiger partial charge in [0, 0.05) is 3.57 Å². The molecule has 1 atom stereocenters. The topological polar surface area (TPSA) is 9.23 Å². The second-order valence-corrected chi connectivity index (χ2v) is 6.77. The second kappa shape index (κ2) is 8.78. The lowest BCUT2D eigenvalue weighted by Gasteiger charge is -2.13. The van der Waals surface area contributed by atoms with Crippen molar-refractivity contribution < 1.29 is 4.74 Å². The Morgan fingerprint density at radius 2 is 1.67 bits per heavy atom. The highest BCUT2D eigenvalue weighted by Gasteiger charge is 2.03. The van der Waals surface area contributed by atoms with E-state index < -0.39 is 0 Å². The van der Waals surface area contributed by atoms with Crippen LogP contribution in [0.2, 0.25) is 0 Å². The highest BCUT2D eigenvalue weighted by Crippen LogP contribution is 2.17. The Balaban J connectivity index is 2.11. The van der Waals surface area contributed by atoms with Gasteiger partial charge in [0.2, 0.25) is 0 Å². The fourth-order valence-corrected chi connectivity index (χ4v) is 2.29. The molecule has 18 heavy (non-hydrogen) atoms. The Bertz CT molecular complexity index is 318. The zero-order valence-corrected chi connectivity index (χ0v) is 13.9. The number of ether oxygens (including phenoxy) is 1. The monoisotopic (exact) mass is 360 g/mol. The molecule has 0 fully saturated rings. The highest BCUT2D eigenvalue weighted by molar-refractivity contribution is 14.1. The van der Waals surface area contributed by atoms with Crippen LogP contribution in [0.1, 0.15) is 46.5 Å². The van der Waals surface area contributed by atoms with Crippen molar-refractivity contribution in [3.8, 4) is 5.75 Å². The molecule has 0 heterocycles. The first-order chi connectivity index (χ1) is 8.58. The maximum Gasteiger partial charge on any atom is 0.119 e. The predicted octanol–water partition coefficient (Wildman–Crippen LogP) is 5.52. The van der Waals surface area contributed by atoms with Crippen LogP contribution in [0.25, 0.3) is 0 Å². The minimum Gasteiger partial charge on any atom is -0.494 e. The maximum atomic E-state index is 5.76. The van der Waals surface area contributed by atoms with Gasteiger partial charge in [-0.3, -0.25) is 0 Å². The van der Waals surface area contributed by atoms with Crippen LogP contribution in [-0.4, -0.2) is 6.61 Å². The standard InChI is InChI=1S/C16H25IO/c1-13(2)5-4-6-14(3)11-12-18-16-9-7-15(17)8-10-16/h7-10,13-14H,4-6,11-12H2,1-3H3. The van der Waals surface area contributed by atoms with Gasteiger partial charge in [0.15, 0.2) is 0 Å². The van der Waals surface area contributed by atoms with Crippen LogP contribution in [0.4, 0.5) is 0 Å². The van der Waals surface area contributed by atoms with Crippen LogP contribution in [0.3, 0.4) is 0 Å². The van der Waals surface area contributed by atoms with E-state index in [1.807, 2.05) is 12.1 Å². The molecular formula is C16H25IO. The summed E-state index contributed by atoms with van der Waals surface area (Å²) in [7, 11) is 0. The molecule has 2 heteroatoms. The van der Waals surface area contributed by atoms with Crippen LogP contribution in [0, 0.1) is 15.4 Å². The van der Waals surface area contributed by atoms with Crippen molar-refractivity contribution >= 4 is 22.6 Å². The lowest BCUT2D eigenvalue weighted by atomic mass is 9.98. The number of hydrogen-bond donors (Lipinski definition) is 0. The summed E-state index contributed by atoms with van der Waals surface area (Å²) in [6.07, 6.45) is 5.18. The summed E-state index contributed by atoms with van der Waals surface area (Å²) >= 11 is 2.31. The summed E-state index contributed by atoms with van der Waals surface area (Å²) in [5.41, 5.74) is 0. The summed E-state index contributed by atoms with van der Waals surface area (Å²) in [5, 5.41) is 0. The molecule has 102 valence electrons. The fraction of sp³-hybridized carbons (Fsp3) is 0.625. The van der Waals surface area contributed by atoms with Gasteiger partial charge in [0.25, 0.3) is 0 Å². The second-order valence-electron chi connectivity index (χ2n) is 5.52. The van der Waals surface area contributed by atoms with E-state index in [9.17, 15) is 0 Å². The molecule has 0 aromatic heterocycles. The van der Waals surface area contributed by atoms with Crippen LogP contribution >= 0.6 is 22.6 Å². The summed E-state index contributed by atoms with van der Waals surface area (Å²) in [5.74, 6) is 2.60.